The molecule has 0 atom stereocenters. The summed E-state index contributed by atoms with van der Waals surface area (Å²) in [5.74, 6) is 1.82. The summed E-state index contributed by atoms with van der Waals surface area (Å²) in [4.78, 5) is 11.5. The second kappa shape index (κ2) is 6.68. The van der Waals surface area contributed by atoms with Crippen LogP contribution in [0.25, 0.3) is 11.0 Å². The highest BCUT2D eigenvalue weighted by atomic mass is 16.5. The maximum atomic E-state index is 5.41. The highest BCUT2D eigenvalue weighted by Crippen LogP contribution is 2.26. The van der Waals surface area contributed by atoms with Gasteiger partial charge in [0.05, 0.1) is 19.4 Å². The van der Waals surface area contributed by atoms with Crippen molar-refractivity contribution in [2.45, 2.75) is 19.8 Å². The molecule has 3 aromatic rings. The molecule has 130 valence electrons. The Kier molecular flexibility index (Phi) is 4.23. The van der Waals surface area contributed by atoms with Gasteiger partial charge in [0.25, 0.3) is 0 Å². The molecule has 0 radical (unpaired) electrons. The number of H-pyrrole nitrogens is 1. The Bertz CT molecular complexity index is 852. The van der Waals surface area contributed by atoms with Crippen molar-refractivity contribution in [1.82, 2.24) is 20.2 Å². The standard InChI is InChI=1S/C18H22N6O/c1-12(2)17-21-15-11-19-23-16(15)18(22-17)20-13-3-5-14(6-4-13)24-7-9-25-10-8-24/h3-6,11-12H,7-10H2,1-2H3,(H,19,23)(H,20,21,22). The lowest BCUT2D eigenvalue weighted by atomic mass is 10.2. The van der Waals surface area contributed by atoms with E-state index < -0.39 is 0 Å². The van der Waals surface area contributed by atoms with Crippen LogP contribution in [0.3, 0.4) is 0 Å². The molecule has 0 aliphatic carbocycles. The minimum atomic E-state index is 0.253. The predicted octanol–water partition coefficient (Wildman–Crippen LogP) is 3.06. The van der Waals surface area contributed by atoms with E-state index in [0.29, 0.717) is 0 Å². The van der Waals surface area contributed by atoms with Crippen molar-refractivity contribution in [2.75, 3.05) is 36.5 Å². The molecule has 7 heteroatoms. The number of benzene rings is 1. The van der Waals surface area contributed by atoms with Gasteiger partial charge in [-0.05, 0) is 24.3 Å². The van der Waals surface area contributed by atoms with E-state index in [0.717, 1.165) is 54.7 Å². The summed E-state index contributed by atoms with van der Waals surface area (Å²) in [7, 11) is 0. The number of fused-ring (bicyclic) bond motifs is 1. The summed E-state index contributed by atoms with van der Waals surface area (Å²) < 4.78 is 5.41. The molecule has 4 rings (SSSR count). The molecular formula is C18H22N6O. The summed E-state index contributed by atoms with van der Waals surface area (Å²) in [5.41, 5.74) is 3.85. The monoisotopic (exact) mass is 338 g/mol. The van der Waals surface area contributed by atoms with Crippen molar-refractivity contribution in [3.63, 3.8) is 0 Å². The van der Waals surface area contributed by atoms with Crippen molar-refractivity contribution >= 4 is 28.2 Å². The lowest BCUT2D eigenvalue weighted by Crippen LogP contribution is -2.36. The Morgan fingerprint density at radius 3 is 2.60 bits per heavy atom. The fourth-order valence-corrected chi connectivity index (χ4v) is 2.92. The van der Waals surface area contributed by atoms with Crippen LogP contribution in [0, 0.1) is 0 Å². The van der Waals surface area contributed by atoms with Crippen LogP contribution in [0.2, 0.25) is 0 Å². The molecule has 1 aromatic carbocycles. The first-order valence-electron chi connectivity index (χ1n) is 8.61. The summed E-state index contributed by atoms with van der Waals surface area (Å²) >= 11 is 0. The quantitative estimate of drug-likeness (QED) is 0.761. The number of aromatic nitrogens is 4. The number of rotatable bonds is 4. The molecule has 0 spiro atoms. The highest BCUT2D eigenvalue weighted by Gasteiger charge is 2.13. The zero-order valence-corrected chi connectivity index (χ0v) is 14.5. The van der Waals surface area contributed by atoms with E-state index in [9.17, 15) is 0 Å². The minimum absolute atomic E-state index is 0.253. The van der Waals surface area contributed by atoms with Gasteiger partial charge in [0, 0.05) is 30.4 Å². The number of nitrogens with one attached hydrogen (secondary N) is 2. The first kappa shape index (κ1) is 15.8. The third kappa shape index (κ3) is 3.28. The summed E-state index contributed by atoms with van der Waals surface area (Å²) in [6.07, 6.45) is 1.73. The molecule has 0 amide bonds. The lowest BCUT2D eigenvalue weighted by molar-refractivity contribution is 0.122. The van der Waals surface area contributed by atoms with Crippen molar-refractivity contribution < 1.29 is 4.74 Å². The topological polar surface area (TPSA) is 79.0 Å². The number of ether oxygens (including phenoxy) is 1. The van der Waals surface area contributed by atoms with E-state index >= 15 is 0 Å². The van der Waals surface area contributed by atoms with Crippen LogP contribution in [0.15, 0.2) is 30.5 Å². The number of anilines is 3. The third-order valence-corrected chi connectivity index (χ3v) is 4.34. The van der Waals surface area contributed by atoms with Gasteiger partial charge in [0.15, 0.2) is 5.82 Å². The average molecular weight is 338 g/mol. The molecule has 0 unspecified atom stereocenters. The first-order chi connectivity index (χ1) is 12.2. The van der Waals surface area contributed by atoms with Crippen LogP contribution in [-0.2, 0) is 4.74 Å². The van der Waals surface area contributed by atoms with Crippen molar-refractivity contribution in [3.8, 4) is 0 Å². The number of morpholine rings is 1. The second-order valence-electron chi connectivity index (χ2n) is 6.49. The van der Waals surface area contributed by atoms with Crippen LogP contribution >= 0.6 is 0 Å². The Balaban J connectivity index is 1.59. The molecule has 7 nitrogen and oxygen atoms in total. The van der Waals surface area contributed by atoms with Crippen molar-refractivity contribution in [3.05, 3.63) is 36.3 Å². The zero-order chi connectivity index (χ0) is 17.2. The summed E-state index contributed by atoms with van der Waals surface area (Å²) in [5, 5.41) is 10.5. The number of aromatic amines is 1. The Morgan fingerprint density at radius 2 is 1.88 bits per heavy atom. The van der Waals surface area contributed by atoms with E-state index in [1.807, 2.05) is 0 Å². The van der Waals surface area contributed by atoms with E-state index in [4.69, 9.17) is 4.74 Å². The maximum Gasteiger partial charge on any atom is 0.160 e. The van der Waals surface area contributed by atoms with Crippen LogP contribution in [0.5, 0.6) is 0 Å². The van der Waals surface area contributed by atoms with E-state index in [1.165, 1.54) is 5.69 Å². The van der Waals surface area contributed by atoms with Gasteiger partial charge in [-0.1, -0.05) is 13.8 Å². The molecule has 0 saturated carbocycles. The van der Waals surface area contributed by atoms with Crippen LogP contribution in [-0.4, -0.2) is 46.5 Å². The fraction of sp³-hybridized carbons (Fsp3) is 0.389. The lowest BCUT2D eigenvalue weighted by Gasteiger charge is -2.28. The average Bonchev–Trinajstić information content (AvgIpc) is 3.12. The largest absolute Gasteiger partial charge is 0.378 e. The van der Waals surface area contributed by atoms with E-state index in [2.05, 4.69) is 68.5 Å². The Labute approximate surface area is 146 Å². The van der Waals surface area contributed by atoms with Crippen LogP contribution in [0.1, 0.15) is 25.6 Å². The maximum absolute atomic E-state index is 5.41. The van der Waals surface area contributed by atoms with Gasteiger partial charge in [-0.3, -0.25) is 5.10 Å². The van der Waals surface area contributed by atoms with Gasteiger partial charge < -0.3 is 15.0 Å². The third-order valence-electron chi connectivity index (χ3n) is 4.34. The molecule has 1 aliphatic rings. The van der Waals surface area contributed by atoms with Crippen LogP contribution < -0.4 is 10.2 Å². The number of hydrogen-bond acceptors (Lipinski definition) is 6. The number of nitrogens with zero attached hydrogens (tertiary/aromatic N) is 4. The van der Waals surface area contributed by atoms with Crippen LogP contribution in [0.4, 0.5) is 17.2 Å². The molecule has 1 saturated heterocycles. The molecule has 2 aromatic heterocycles. The zero-order valence-electron chi connectivity index (χ0n) is 14.5. The normalized spacial score (nSPS) is 15.1. The molecular weight excluding hydrogens is 316 g/mol. The molecule has 3 heterocycles. The van der Waals surface area contributed by atoms with E-state index in [1.54, 1.807) is 6.20 Å². The van der Waals surface area contributed by atoms with Gasteiger partial charge in [-0.25, -0.2) is 9.97 Å². The first-order valence-corrected chi connectivity index (χ1v) is 8.61. The molecule has 1 aliphatic heterocycles. The molecule has 1 fully saturated rings. The van der Waals surface area contributed by atoms with E-state index in [-0.39, 0.29) is 5.92 Å². The summed E-state index contributed by atoms with van der Waals surface area (Å²) in [6.45, 7) is 7.62. The van der Waals surface area contributed by atoms with Gasteiger partial charge in [-0.15, -0.1) is 0 Å². The Morgan fingerprint density at radius 1 is 1.12 bits per heavy atom. The fourth-order valence-electron chi connectivity index (χ4n) is 2.92. The predicted molar refractivity (Wildman–Crippen MR) is 98.5 cm³/mol. The van der Waals surface area contributed by atoms with Gasteiger partial charge in [0.2, 0.25) is 0 Å². The van der Waals surface area contributed by atoms with Gasteiger partial charge >= 0.3 is 0 Å². The van der Waals surface area contributed by atoms with Gasteiger partial charge in [0.1, 0.15) is 16.9 Å². The highest BCUT2D eigenvalue weighted by molar-refractivity contribution is 5.86. The number of hydrogen-bond donors (Lipinski definition) is 2. The molecule has 25 heavy (non-hydrogen) atoms. The smallest absolute Gasteiger partial charge is 0.160 e. The molecule has 0 bridgehead atoms. The van der Waals surface area contributed by atoms with Gasteiger partial charge in [-0.2, -0.15) is 5.10 Å². The SMILES string of the molecule is CC(C)c1nc(Nc2ccc(N3CCOCC3)cc2)c2[nH]ncc2n1. The van der Waals surface area contributed by atoms with Crippen molar-refractivity contribution in [2.24, 2.45) is 0 Å². The second-order valence-corrected chi connectivity index (χ2v) is 6.49. The Hall–Kier alpha value is -2.67. The molecule has 2 N–H and O–H groups in total. The van der Waals surface area contributed by atoms with Crippen molar-refractivity contribution in [1.29, 1.82) is 0 Å². The summed E-state index contributed by atoms with van der Waals surface area (Å²) in [6, 6.07) is 8.40. The minimum Gasteiger partial charge on any atom is -0.378 e.